The highest BCUT2D eigenvalue weighted by Crippen LogP contribution is 2.25. The fourth-order valence-corrected chi connectivity index (χ4v) is 1.38. The van der Waals surface area contributed by atoms with Gasteiger partial charge >= 0.3 is 5.97 Å². The molecule has 0 radical (unpaired) electrons. The van der Waals surface area contributed by atoms with Crippen LogP contribution in [0.4, 0.5) is 0 Å². The van der Waals surface area contributed by atoms with Gasteiger partial charge in [0, 0.05) is 10.0 Å². The van der Waals surface area contributed by atoms with Crippen molar-refractivity contribution in [3.63, 3.8) is 0 Å². The molecular formula is C9H7BrO4. The Hall–Kier alpha value is -1.36. The molecular weight excluding hydrogens is 252 g/mol. The van der Waals surface area contributed by atoms with Crippen molar-refractivity contribution < 1.29 is 19.4 Å². The van der Waals surface area contributed by atoms with E-state index < -0.39 is 5.97 Å². The van der Waals surface area contributed by atoms with E-state index in [0.717, 1.165) is 0 Å². The third-order valence-corrected chi connectivity index (χ3v) is 2.33. The second kappa shape index (κ2) is 4.23. The van der Waals surface area contributed by atoms with Crippen molar-refractivity contribution in [1.82, 2.24) is 0 Å². The SMILES string of the molecule is COC(=O)c1cc(Br)c(C=O)cc1O. The van der Waals surface area contributed by atoms with E-state index in [1.54, 1.807) is 0 Å². The number of phenolic OH excluding ortho intramolecular Hbond substituents is 1. The van der Waals surface area contributed by atoms with Crippen LogP contribution in [0.3, 0.4) is 0 Å². The molecule has 0 bridgehead atoms. The van der Waals surface area contributed by atoms with Gasteiger partial charge in [-0.25, -0.2) is 4.79 Å². The number of esters is 1. The van der Waals surface area contributed by atoms with Crippen LogP contribution in [0.25, 0.3) is 0 Å². The maximum Gasteiger partial charge on any atom is 0.341 e. The Morgan fingerprint density at radius 1 is 1.57 bits per heavy atom. The summed E-state index contributed by atoms with van der Waals surface area (Å²) in [5.41, 5.74) is 0.292. The summed E-state index contributed by atoms with van der Waals surface area (Å²) in [5.74, 6) is -0.928. The summed E-state index contributed by atoms with van der Waals surface area (Å²) in [5, 5.41) is 9.37. The third kappa shape index (κ3) is 1.93. The fourth-order valence-electron chi connectivity index (χ4n) is 0.942. The maximum atomic E-state index is 11.1. The zero-order valence-electron chi connectivity index (χ0n) is 7.28. The minimum absolute atomic E-state index is 0.0185. The number of ether oxygens (including phenoxy) is 1. The molecule has 0 spiro atoms. The molecule has 1 N–H and O–H groups in total. The van der Waals surface area contributed by atoms with Crippen LogP contribution < -0.4 is 0 Å². The predicted molar refractivity (Wildman–Crippen MR) is 52.5 cm³/mol. The second-order valence-corrected chi connectivity index (χ2v) is 3.35. The van der Waals surface area contributed by atoms with Crippen molar-refractivity contribution in [2.45, 2.75) is 0 Å². The highest BCUT2D eigenvalue weighted by atomic mass is 79.9. The van der Waals surface area contributed by atoms with E-state index in [9.17, 15) is 14.7 Å². The van der Waals surface area contributed by atoms with E-state index in [0.29, 0.717) is 10.8 Å². The number of phenols is 1. The van der Waals surface area contributed by atoms with E-state index in [1.165, 1.54) is 19.2 Å². The third-order valence-electron chi connectivity index (χ3n) is 1.65. The van der Waals surface area contributed by atoms with Crippen LogP contribution in [0, 0.1) is 0 Å². The van der Waals surface area contributed by atoms with Gasteiger partial charge in [-0.05, 0) is 12.1 Å². The second-order valence-electron chi connectivity index (χ2n) is 2.50. The molecule has 0 aliphatic rings. The van der Waals surface area contributed by atoms with Gasteiger partial charge in [-0.2, -0.15) is 0 Å². The molecule has 4 nitrogen and oxygen atoms in total. The fraction of sp³-hybridized carbons (Fsp3) is 0.111. The first-order valence-corrected chi connectivity index (χ1v) is 4.45. The van der Waals surface area contributed by atoms with E-state index in [-0.39, 0.29) is 16.9 Å². The van der Waals surface area contributed by atoms with Gasteiger partial charge in [0.1, 0.15) is 11.3 Å². The van der Waals surface area contributed by atoms with Crippen LogP contribution in [0.15, 0.2) is 16.6 Å². The lowest BCUT2D eigenvalue weighted by atomic mass is 10.1. The van der Waals surface area contributed by atoms with Crippen molar-refractivity contribution >= 4 is 28.2 Å². The minimum Gasteiger partial charge on any atom is -0.507 e. The summed E-state index contributed by atoms with van der Waals surface area (Å²) in [7, 11) is 1.21. The molecule has 0 aliphatic heterocycles. The Bertz CT molecular complexity index is 387. The van der Waals surface area contributed by atoms with Gasteiger partial charge in [-0.3, -0.25) is 4.79 Å². The summed E-state index contributed by atoms with van der Waals surface area (Å²) in [6, 6.07) is 2.54. The molecule has 0 aliphatic carbocycles. The molecule has 0 amide bonds. The topological polar surface area (TPSA) is 63.6 Å². The molecule has 1 rings (SSSR count). The van der Waals surface area contributed by atoms with Gasteiger partial charge in [0.2, 0.25) is 0 Å². The molecule has 0 saturated carbocycles. The van der Waals surface area contributed by atoms with Gasteiger partial charge in [0.25, 0.3) is 0 Å². The molecule has 0 heterocycles. The molecule has 0 fully saturated rings. The van der Waals surface area contributed by atoms with Crippen LogP contribution in [-0.4, -0.2) is 24.5 Å². The molecule has 0 aromatic heterocycles. The van der Waals surface area contributed by atoms with Crippen LogP contribution in [-0.2, 0) is 4.74 Å². The van der Waals surface area contributed by atoms with Crippen molar-refractivity contribution in [1.29, 1.82) is 0 Å². The van der Waals surface area contributed by atoms with Gasteiger partial charge in [0.15, 0.2) is 6.29 Å². The number of hydrogen-bond acceptors (Lipinski definition) is 4. The van der Waals surface area contributed by atoms with Crippen LogP contribution in [0.2, 0.25) is 0 Å². The Morgan fingerprint density at radius 3 is 2.71 bits per heavy atom. The number of carbonyl (C=O) groups excluding carboxylic acids is 2. The normalized spacial score (nSPS) is 9.57. The van der Waals surface area contributed by atoms with E-state index in [1.807, 2.05) is 0 Å². The summed E-state index contributed by atoms with van der Waals surface area (Å²) >= 11 is 3.09. The van der Waals surface area contributed by atoms with E-state index in [2.05, 4.69) is 20.7 Å². The summed E-state index contributed by atoms with van der Waals surface area (Å²) in [6.45, 7) is 0. The smallest absolute Gasteiger partial charge is 0.341 e. The molecule has 0 atom stereocenters. The first-order chi connectivity index (χ1) is 6.60. The lowest BCUT2D eigenvalue weighted by molar-refractivity contribution is 0.0597. The van der Waals surface area contributed by atoms with Crippen LogP contribution in [0.5, 0.6) is 5.75 Å². The van der Waals surface area contributed by atoms with Crippen molar-refractivity contribution in [2.24, 2.45) is 0 Å². The van der Waals surface area contributed by atoms with Crippen LogP contribution in [0.1, 0.15) is 20.7 Å². The summed E-state index contributed by atoms with van der Waals surface area (Å²) in [6.07, 6.45) is 0.574. The standard InChI is InChI=1S/C9H7BrO4/c1-14-9(13)6-3-7(10)5(4-11)2-8(6)12/h2-4,12H,1H3. The maximum absolute atomic E-state index is 11.1. The molecule has 5 heteroatoms. The van der Waals surface area contributed by atoms with Gasteiger partial charge in [-0.15, -0.1) is 0 Å². The number of rotatable bonds is 2. The van der Waals surface area contributed by atoms with Gasteiger partial charge in [-0.1, -0.05) is 15.9 Å². The Kier molecular flexibility index (Phi) is 3.24. The number of halogens is 1. The number of methoxy groups -OCH3 is 1. The molecule has 0 unspecified atom stereocenters. The highest BCUT2D eigenvalue weighted by molar-refractivity contribution is 9.10. The molecule has 1 aromatic carbocycles. The van der Waals surface area contributed by atoms with Crippen LogP contribution >= 0.6 is 15.9 Å². The van der Waals surface area contributed by atoms with Crippen molar-refractivity contribution in [3.05, 3.63) is 27.7 Å². The van der Waals surface area contributed by atoms with E-state index in [4.69, 9.17) is 0 Å². The quantitative estimate of drug-likeness (QED) is 0.649. The van der Waals surface area contributed by atoms with Crippen molar-refractivity contribution in [2.75, 3.05) is 7.11 Å². The Morgan fingerprint density at radius 2 is 2.21 bits per heavy atom. The van der Waals surface area contributed by atoms with Gasteiger partial charge in [0.05, 0.1) is 7.11 Å². The lowest BCUT2D eigenvalue weighted by Crippen LogP contribution is -2.02. The molecule has 14 heavy (non-hydrogen) atoms. The monoisotopic (exact) mass is 258 g/mol. The van der Waals surface area contributed by atoms with Gasteiger partial charge < -0.3 is 9.84 Å². The van der Waals surface area contributed by atoms with Crippen molar-refractivity contribution in [3.8, 4) is 5.75 Å². The number of hydrogen-bond donors (Lipinski definition) is 1. The summed E-state index contributed by atoms with van der Waals surface area (Å²) in [4.78, 5) is 21.6. The average Bonchev–Trinajstić information content (AvgIpc) is 2.19. The first kappa shape index (κ1) is 10.7. The number of carbonyl (C=O) groups is 2. The Labute approximate surface area is 88.6 Å². The molecule has 0 saturated heterocycles. The lowest BCUT2D eigenvalue weighted by Gasteiger charge is -2.04. The Balaban J connectivity index is 3.28. The van der Waals surface area contributed by atoms with E-state index >= 15 is 0 Å². The number of benzene rings is 1. The minimum atomic E-state index is -0.652. The molecule has 1 aromatic rings. The average molecular weight is 259 g/mol. The predicted octanol–water partition coefficient (Wildman–Crippen LogP) is 1.75. The molecule has 74 valence electrons. The highest BCUT2D eigenvalue weighted by Gasteiger charge is 2.14. The zero-order chi connectivity index (χ0) is 10.7. The number of aromatic hydroxyl groups is 1. The first-order valence-electron chi connectivity index (χ1n) is 3.66. The number of aldehydes is 1. The summed E-state index contributed by atoms with van der Waals surface area (Å²) < 4.78 is 4.87. The largest absolute Gasteiger partial charge is 0.507 e. The zero-order valence-corrected chi connectivity index (χ0v) is 8.87.